The average molecular weight is 347 g/mol. The number of hydrogen-bond acceptors (Lipinski definition) is 5. The lowest BCUT2D eigenvalue weighted by Gasteiger charge is -2.26. The number of carbonyl (C=O) groups is 2. The second kappa shape index (κ2) is 8.20. The van der Waals surface area contributed by atoms with E-state index in [1.165, 1.54) is 0 Å². The molecule has 2 aliphatic heterocycles. The molecule has 3 amide bonds. The van der Waals surface area contributed by atoms with Gasteiger partial charge in [-0.15, -0.1) is 0 Å². The van der Waals surface area contributed by atoms with Crippen LogP contribution >= 0.6 is 0 Å². The second-order valence-corrected chi connectivity index (χ2v) is 6.34. The number of likely N-dealkylation sites (tertiary alicyclic amines) is 1. The highest BCUT2D eigenvalue weighted by Gasteiger charge is 2.29. The van der Waals surface area contributed by atoms with Gasteiger partial charge < -0.3 is 14.8 Å². The number of nitrogens with zero attached hydrogens (tertiary/aromatic N) is 1. The molecule has 1 aromatic rings. The van der Waals surface area contributed by atoms with Gasteiger partial charge in [0.2, 0.25) is 5.91 Å². The summed E-state index contributed by atoms with van der Waals surface area (Å²) in [5.41, 5.74) is 1.12. The number of hydrogen-bond donors (Lipinski definition) is 2. The molecule has 3 rings (SSSR count). The fraction of sp³-hybridized carbons (Fsp3) is 0.556. The van der Waals surface area contributed by atoms with Crippen LogP contribution in [0.3, 0.4) is 0 Å². The van der Waals surface area contributed by atoms with E-state index in [0.717, 1.165) is 42.9 Å². The lowest BCUT2D eigenvalue weighted by Crippen LogP contribution is -2.44. The monoisotopic (exact) mass is 347 g/mol. The van der Waals surface area contributed by atoms with Crippen molar-refractivity contribution < 1.29 is 19.1 Å². The minimum absolute atomic E-state index is 0.153. The van der Waals surface area contributed by atoms with Crippen molar-refractivity contribution in [2.45, 2.75) is 32.2 Å². The molecule has 0 saturated carbocycles. The summed E-state index contributed by atoms with van der Waals surface area (Å²) in [4.78, 5) is 25.8. The Balaban J connectivity index is 1.60. The minimum Gasteiger partial charge on any atom is -0.486 e. The van der Waals surface area contributed by atoms with Gasteiger partial charge in [0.05, 0.1) is 6.54 Å². The first-order valence-corrected chi connectivity index (χ1v) is 8.88. The van der Waals surface area contributed by atoms with E-state index in [0.29, 0.717) is 19.8 Å². The van der Waals surface area contributed by atoms with Crippen LogP contribution in [0.15, 0.2) is 18.2 Å². The van der Waals surface area contributed by atoms with Gasteiger partial charge in [-0.05, 0) is 43.5 Å². The van der Waals surface area contributed by atoms with E-state index in [1.54, 1.807) is 0 Å². The summed E-state index contributed by atoms with van der Waals surface area (Å²) in [7, 11) is 0. The van der Waals surface area contributed by atoms with Crippen LogP contribution in [0.4, 0.5) is 4.79 Å². The fourth-order valence-corrected chi connectivity index (χ4v) is 3.29. The SMILES string of the molecule is CCCNC(=O)NC(=O)CN1CCC[C@@H]1c1ccc2c(c1)OCCO2. The first-order valence-electron chi connectivity index (χ1n) is 8.88. The van der Waals surface area contributed by atoms with Gasteiger partial charge >= 0.3 is 6.03 Å². The summed E-state index contributed by atoms with van der Waals surface area (Å²) in [5, 5.41) is 5.03. The third-order valence-corrected chi connectivity index (χ3v) is 4.45. The van der Waals surface area contributed by atoms with Gasteiger partial charge in [0.15, 0.2) is 11.5 Å². The molecule has 1 saturated heterocycles. The molecular weight excluding hydrogens is 322 g/mol. The standard InChI is InChI=1S/C18H25N3O4/c1-2-7-19-18(23)20-17(22)12-21-8-3-4-14(21)13-5-6-15-16(11-13)25-10-9-24-15/h5-6,11,14H,2-4,7-10,12H2,1H3,(H2,19,20,22,23)/t14-/m1/s1. The Bertz CT molecular complexity index is 635. The van der Waals surface area contributed by atoms with E-state index in [2.05, 4.69) is 15.5 Å². The van der Waals surface area contributed by atoms with Gasteiger partial charge in [-0.3, -0.25) is 15.0 Å². The molecular formula is C18H25N3O4. The molecule has 2 aliphatic rings. The average Bonchev–Trinajstić information content (AvgIpc) is 3.07. The Hall–Kier alpha value is -2.28. The molecule has 7 heteroatoms. The predicted octanol–water partition coefficient (Wildman–Crippen LogP) is 1.83. The Morgan fingerprint density at radius 3 is 2.84 bits per heavy atom. The lowest BCUT2D eigenvalue weighted by atomic mass is 10.0. The Morgan fingerprint density at radius 2 is 2.04 bits per heavy atom. The molecule has 1 fully saturated rings. The minimum atomic E-state index is -0.429. The zero-order valence-corrected chi connectivity index (χ0v) is 14.5. The molecule has 2 N–H and O–H groups in total. The molecule has 136 valence electrons. The highest BCUT2D eigenvalue weighted by atomic mass is 16.6. The van der Waals surface area contributed by atoms with Crippen LogP contribution in [-0.4, -0.2) is 49.7 Å². The zero-order chi connectivity index (χ0) is 17.6. The van der Waals surface area contributed by atoms with Crippen LogP contribution < -0.4 is 20.1 Å². The highest BCUT2D eigenvalue weighted by molar-refractivity contribution is 5.95. The van der Waals surface area contributed by atoms with Gasteiger partial charge in [-0.2, -0.15) is 0 Å². The molecule has 1 atom stereocenters. The van der Waals surface area contributed by atoms with Crippen molar-refractivity contribution in [2.24, 2.45) is 0 Å². The summed E-state index contributed by atoms with van der Waals surface area (Å²) < 4.78 is 11.2. The van der Waals surface area contributed by atoms with Crippen molar-refractivity contribution in [3.05, 3.63) is 23.8 Å². The third kappa shape index (κ3) is 4.42. The van der Waals surface area contributed by atoms with Gasteiger partial charge in [0.25, 0.3) is 0 Å². The molecule has 0 unspecified atom stereocenters. The van der Waals surface area contributed by atoms with Gasteiger partial charge in [-0.1, -0.05) is 13.0 Å². The first kappa shape index (κ1) is 17.5. The number of ether oxygens (including phenoxy) is 2. The summed E-state index contributed by atoms with van der Waals surface area (Å²) in [5.74, 6) is 1.25. The van der Waals surface area contributed by atoms with Crippen LogP contribution in [-0.2, 0) is 4.79 Å². The highest BCUT2D eigenvalue weighted by Crippen LogP contribution is 2.37. The number of imide groups is 1. The van der Waals surface area contributed by atoms with Crippen LogP contribution in [0, 0.1) is 0 Å². The second-order valence-electron chi connectivity index (χ2n) is 6.34. The topological polar surface area (TPSA) is 79.9 Å². The molecule has 7 nitrogen and oxygen atoms in total. The number of urea groups is 1. The number of carbonyl (C=O) groups excluding carboxylic acids is 2. The first-order chi connectivity index (χ1) is 12.2. The van der Waals surface area contributed by atoms with Crippen LogP contribution in [0.25, 0.3) is 0 Å². The number of amides is 3. The number of benzene rings is 1. The molecule has 0 spiro atoms. The van der Waals surface area contributed by atoms with Crippen molar-refractivity contribution in [3.63, 3.8) is 0 Å². The molecule has 0 aromatic heterocycles. The summed E-state index contributed by atoms with van der Waals surface area (Å²) in [6.45, 7) is 4.69. The maximum Gasteiger partial charge on any atom is 0.321 e. The largest absolute Gasteiger partial charge is 0.486 e. The van der Waals surface area contributed by atoms with Crippen LogP contribution in [0.5, 0.6) is 11.5 Å². The summed E-state index contributed by atoms with van der Waals surface area (Å²) in [6, 6.07) is 5.69. The molecule has 2 heterocycles. The Kier molecular flexibility index (Phi) is 5.75. The lowest BCUT2D eigenvalue weighted by molar-refractivity contribution is -0.121. The van der Waals surface area contributed by atoms with E-state index in [9.17, 15) is 9.59 Å². The van der Waals surface area contributed by atoms with Crippen molar-refractivity contribution in [3.8, 4) is 11.5 Å². The van der Waals surface area contributed by atoms with E-state index in [1.807, 2.05) is 25.1 Å². The summed E-state index contributed by atoms with van der Waals surface area (Å²) in [6.07, 6.45) is 2.84. The smallest absolute Gasteiger partial charge is 0.321 e. The van der Waals surface area contributed by atoms with Crippen molar-refractivity contribution in [1.82, 2.24) is 15.5 Å². The van der Waals surface area contributed by atoms with E-state index in [-0.39, 0.29) is 18.5 Å². The fourth-order valence-electron chi connectivity index (χ4n) is 3.29. The molecule has 0 aliphatic carbocycles. The quantitative estimate of drug-likeness (QED) is 0.849. The molecule has 1 aromatic carbocycles. The predicted molar refractivity (Wildman–Crippen MR) is 92.8 cm³/mol. The molecule has 0 bridgehead atoms. The number of nitrogens with one attached hydrogen (secondary N) is 2. The molecule has 25 heavy (non-hydrogen) atoms. The van der Waals surface area contributed by atoms with Gasteiger partial charge in [-0.25, -0.2) is 4.79 Å². The summed E-state index contributed by atoms with van der Waals surface area (Å²) >= 11 is 0. The van der Waals surface area contributed by atoms with Crippen LogP contribution in [0.1, 0.15) is 37.8 Å². The van der Waals surface area contributed by atoms with Crippen molar-refractivity contribution in [1.29, 1.82) is 0 Å². The van der Waals surface area contributed by atoms with E-state index in [4.69, 9.17) is 9.47 Å². The molecule has 0 radical (unpaired) electrons. The van der Waals surface area contributed by atoms with Crippen molar-refractivity contribution >= 4 is 11.9 Å². The van der Waals surface area contributed by atoms with Crippen molar-refractivity contribution in [2.75, 3.05) is 32.8 Å². The third-order valence-electron chi connectivity index (χ3n) is 4.45. The number of fused-ring (bicyclic) bond motifs is 1. The zero-order valence-electron chi connectivity index (χ0n) is 14.5. The Labute approximate surface area is 147 Å². The normalized spacial score (nSPS) is 19.5. The van der Waals surface area contributed by atoms with E-state index >= 15 is 0 Å². The number of rotatable bonds is 5. The van der Waals surface area contributed by atoms with Gasteiger partial charge in [0, 0.05) is 12.6 Å². The van der Waals surface area contributed by atoms with Crippen LogP contribution in [0.2, 0.25) is 0 Å². The van der Waals surface area contributed by atoms with Gasteiger partial charge in [0.1, 0.15) is 13.2 Å². The van der Waals surface area contributed by atoms with E-state index < -0.39 is 6.03 Å². The maximum absolute atomic E-state index is 12.1. The maximum atomic E-state index is 12.1. The Morgan fingerprint density at radius 1 is 1.24 bits per heavy atom.